The van der Waals surface area contributed by atoms with Crippen LogP contribution in [0, 0.1) is 0 Å². The second-order valence-corrected chi connectivity index (χ2v) is 6.69. The fourth-order valence-corrected chi connectivity index (χ4v) is 3.16. The normalized spacial score (nSPS) is 14.2. The summed E-state index contributed by atoms with van der Waals surface area (Å²) in [7, 11) is 0. The molecule has 0 atom stereocenters. The highest BCUT2D eigenvalue weighted by Crippen LogP contribution is 2.45. The molecular weight excluding hydrogens is 242 g/mol. The molecule has 2 aromatic rings. The van der Waals surface area contributed by atoms with Crippen molar-refractivity contribution in [3.05, 3.63) is 59.7 Å². The van der Waals surface area contributed by atoms with Gasteiger partial charge in [0.2, 0.25) is 0 Å². The van der Waals surface area contributed by atoms with E-state index in [2.05, 4.69) is 74.6 Å². The maximum Gasteiger partial charge on any atom is 0.0114 e. The number of nitrogens with one attached hydrogen (secondary N) is 1. The van der Waals surface area contributed by atoms with E-state index in [0.717, 1.165) is 13.0 Å². The van der Waals surface area contributed by atoms with Crippen LogP contribution in [0.3, 0.4) is 0 Å². The average Bonchev–Trinajstić information content (AvgIpc) is 2.73. The van der Waals surface area contributed by atoms with E-state index < -0.39 is 0 Å². The molecule has 0 bridgehead atoms. The van der Waals surface area contributed by atoms with Gasteiger partial charge in [0.1, 0.15) is 0 Å². The molecule has 0 aromatic heterocycles. The quantitative estimate of drug-likeness (QED) is 0.856. The van der Waals surface area contributed by atoms with Gasteiger partial charge in [-0.15, -0.1) is 0 Å². The van der Waals surface area contributed by atoms with E-state index in [1.807, 2.05) is 0 Å². The Morgan fingerprint density at radius 1 is 0.850 bits per heavy atom. The van der Waals surface area contributed by atoms with Gasteiger partial charge in [-0.3, -0.25) is 0 Å². The maximum absolute atomic E-state index is 3.61. The van der Waals surface area contributed by atoms with Crippen LogP contribution in [0.25, 0.3) is 11.1 Å². The van der Waals surface area contributed by atoms with Crippen LogP contribution in [0.5, 0.6) is 0 Å². The van der Waals surface area contributed by atoms with Gasteiger partial charge in [-0.05, 0) is 56.0 Å². The molecule has 104 valence electrons. The summed E-state index contributed by atoms with van der Waals surface area (Å²) < 4.78 is 0. The molecule has 3 rings (SSSR count). The molecule has 0 aliphatic heterocycles. The van der Waals surface area contributed by atoms with Gasteiger partial charge >= 0.3 is 0 Å². The third-order valence-electron chi connectivity index (χ3n) is 4.05. The maximum atomic E-state index is 3.61. The lowest BCUT2D eigenvalue weighted by Gasteiger charge is -2.22. The molecule has 0 saturated carbocycles. The molecule has 1 heteroatoms. The molecule has 1 aliphatic carbocycles. The van der Waals surface area contributed by atoms with E-state index in [0.29, 0.717) is 5.92 Å². The van der Waals surface area contributed by atoms with Crippen LogP contribution < -0.4 is 5.32 Å². The lowest BCUT2D eigenvalue weighted by atomic mass is 9.93. The van der Waals surface area contributed by atoms with E-state index in [1.165, 1.54) is 22.3 Å². The van der Waals surface area contributed by atoms with Crippen LogP contribution in [0.4, 0.5) is 0 Å². The van der Waals surface area contributed by atoms with Crippen molar-refractivity contribution in [1.29, 1.82) is 0 Å². The Labute approximate surface area is 122 Å². The van der Waals surface area contributed by atoms with Crippen molar-refractivity contribution in [2.24, 2.45) is 0 Å². The fourth-order valence-electron chi connectivity index (χ4n) is 3.16. The third kappa shape index (κ3) is 2.51. The van der Waals surface area contributed by atoms with E-state index in [-0.39, 0.29) is 5.54 Å². The van der Waals surface area contributed by atoms with Gasteiger partial charge in [0.05, 0.1) is 0 Å². The minimum absolute atomic E-state index is 0.192. The van der Waals surface area contributed by atoms with Crippen LogP contribution >= 0.6 is 0 Å². The Balaban J connectivity index is 1.87. The minimum atomic E-state index is 0.192. The molecule has 0 fully saturated rings. The summed E-state index contributed by atoms with van der Waals surface area (Å²) in [6.45, 7) is 7.73. The molecule has 0 radical (unpaired) electrons. The molecule has 0 heterocycles. The summed E-state index contributed by atoms with van der Waals surface area (Å²) >= 11 is 0. The van der Waals surface area contributed by atoms with Gasteiger partial charge in [-0.25, -0.2) is 0 Å². The van der Waals surface area contributed by atoms with Crippen LogP contribution in [0.15, 0.2) is 48.5 Å². The van der Waals surface area contributed by atoms with Crippen molar-refractivity contribution >= 4 is 0 Å². The molecule has 1 aliphatic rings. The molecule has 0 spiro atoms. The zero-order valence-corrected chi connectivity index (χ0v) is 12.6. The number of rotatable bonds is 3. The number of benzene rings is 2. The first kappa shape index (κ1) is 13.4. The first-order chi connectivity index (χ1) is 9.56. The van der Waals surface area contributed by atoms with Crippen molar-refractivity contribution in [2.75, 3.05) is 6.54 Å². The van der Waals surface area contributed by atoms with Crippen molar-refractivity contribution in [1.82, 2.24) is 5.32 Å². The van der Waals surface area contributed by atoms with Crippen molar-refractivity contribution in [3.8, 4) is 11.1 Å². The molecule has 2 aromatic carbocycles. The number of hydrogen-bond donors (Lipinski definition) is 1. The van der Waals surface area contributed by atoms with Crippen LogP contribution in [0.1, 0.15) is 44.2 Å². The van der Waals surface area contributed by atoms with E-state index in [9.17, 15) is 0 Å². The average molecular weight is 265 g/mol. The second kappa shape index (κ2) is 5.06. The molecule has 0 unspecified atom stereocenters. The number of fused-ring (bicyclic) bond motifs is 3. The highest BCUT2D eigenvalue weighted by Gasteiger charge is 2.27. The first-order valence-corrected chi connectivity index (χ1v) is 7.49. The summed E-state index contributed by atoms with van der Waals surface area (Å²) in [5.74, 6) is 0.539. The molecule has 1 nitrogen and oxygen atoms in total. The molecule has 1 N–H and O–H groups in total. The van der Waals surface area contributed by atoms with Crippen LogP contribution in [-0.4, -0.2) is 12.1 Å². The standard InChI is InChI=1S/C19H23N/c1-19(2,3)20-13-12-18-16-10-6-4-8-14(16)15-9-5-7-11-17(15)18/h4-11,18,20H,12-13H2,1-3H3. The summed E-state index contributed by atoms with van der Waals surface area (Å²) in [6.07, 6.45) is 1.16. The van der Waals surface area contributed by atoms with Gasteiger partial charge in [0.25, 0.3) is 0 Å². The topological polar surface area (TPSA) is 12.0 Å². The largest absolute Gasteiger partial charge is 0.312 e. The molecule has 0 saturated heterocycles. The lowest BCUT2D eigenvalue weighted by Crippen LogP contribution is -2.36. The van der Waals surface area contributed by atoms with E-state index >= 15 is 0 Å². The Morgan fingerprint density at radius 2 is 1.35 bits per heavy atom. The summed E-state index contributed by atoms with van der Waals surface area (Å²) in [4.78, 5) is 0. The summed E-state index contributed by atoms with van der Waals surface area (Å²) in [5, 5.41) is 3.61. The van der Waals surface area contributed by atoms with Crippen molar-refractivity contribution in [2.45, 2.75) is 38.6 Å². The van der Waals surface area contributed by atoms with Crippen LogP contribution in [-0.2, 0) is 0 Å². The van der Waals surface area contributed by atoms with Crippen molar-refractivity contribution < 1.29 is 0 Å². The number of hydrogen-bond acceptors (Lipinski definition) is 1. The zero-order valence-electron chi connectivity index (χ0n) is 12.6. The zero-order chi connectivity index (χ0) is 14.2. The summed E-state index contributed by atoms with van der Waals surface area (Å²) in [6, 6.07) is 17.7. The Morgan fingerprint density at radius 3 is 1.85 bits per heavy atom. The monoisotopic (exact) mass is 265 g/mol. The predicted octanol–water partition coefficient (Wildman–Crippen LogP) is 4.58. The highest BCUT2D eigenvalue weighted by atomic mass is 14.9. The van der Waals surface area contributed by atoms with E-state index in [4.69, 9.17) is 0 Å². The van der Waals surface area contributed by atoms with Crippen molar-refractivity contribution in [3.63, 3.8) is 0 Å². The minimum Gasteiger partial charge on any atom is -0.312 e. The van der Waals surface area contributed by atoms with E-state index in [1.54, 1.807) is 0 Å². The highest BCUT2D eigenvalue weighted by molar-refractivity contribution is 5.78. The van der Waals surface area contributed by atoms with Gasteiger partial charge in [0, 0.05) is 11.5 Å². The molecule has 0 amide bonds. The fraction of sp³-hybridized carbons (Fsp3) is 0.368. The molecule has 20 heavy (non-hydrogen) atoms. The molecular formula is C19H23N. The smallest absolute Gasteiger partial charge is 0.0114 e. The van der Waals surface area contributed by atoms with Gasteiger partial charge in [0.15, 0.2) is 0 Å². The van der Waals surface area contributed by atoms with Gasteiger partial charge in [-0.2, -0.15) is 0 Å². The SMILES string of the molecule is CC(C)(C)NCCC1c2ccccc2-c2ccccc21. The Hall–Kier alpha value is -1.60. The Kier molecular flexibility index (Phi) is 3.39. The van der Waals surface area contributed by atoms with Gasteiger partial charge < -0.3 is 5.32 Å². The third-order valence-corrected chi connectivity index (χ3v) is 4.05. The van der Waals surface area contributed by atoms with Gasteiger partial charge in [-0.1, -0.05) is 48.5 Å². The Bertz CT molecular complexity index is 562. The van der Waals surface area contributed by atoms with Crippen LogP contribution in [0.2, 0.25) is 0 Å². The predicted molar refractivity (Wildman–Crippen MR) is 86.1 cm³/mol. The lowest BCUT2D eigenvalue weighted by molar-refractivity contribution is 0.417. The second-order valence-electron chi connectivity index (χ2n) is 6.69. The first-order valence-electron chi connectivity index (χ1n) is 7.49. The summed E-state index contributed by atoms with van der Waals surface area (Å²) in [5.41, 5.74) is 6.01.